The highest BCUT2D eigenvalue weighted by Crippen LogP contribution is 2.35. The Morgan fingerprint density at radius 3 is 2.71 bits per heavy atom. The molecule has 7 nitrogen and oxygen atoms in total. The predicted octanol–water partition coefficient (Wildman–Crippen LogP) is 2.98. The molecule has 2 aromatic carbocycles. The molecule has 2 aliphatic rings. The molecule has 144 valence electrons. The highest BCUT2D eigenvalue weighted by molar-refractivity contribution is 6.05. The lowest BCUT2D eigenvalue weighted by molar-refractivity contribution is -0.384. The van der Waals surface area contributed by atoms with Crippen LogP contribution in [0.4, 0.5) is 21.5 Å². The van der Waals surface area contributed by atoms with Crippen LogP contribution in [0.3, 0.4) is 0 Å². The van der Waals surface area contributed by atoms with Crippen molar-refractivity contribution in [1.82, 2.24) is 0 Å². The summed E-state index contributed by atoms with van der Waals surface area (Å²) in [7, 11) is 0. The Hall–Kier alpha value is -3.29. The number of non-ortho nitro benzene ring substituents is 1. The smallest absolute Gasteiger partial charge is 0.271 e. The number of anilines is 2. The second kappa shape index (κ2) is 6.70. The van der Waals surface area contributed by atoms with Crippen molar-refractivity contribution in [3.05, 3.63) is 63.5 Å². The first-order chi connectivity index (χ1) is 13.3. The summed E-state index contributed by atoms with van der Waals surface area (Å²) in [5, 5.41) is 11.0. The predicted molar refractivity (Wildman–Crippen MR) is 101 cm³/mol. The topological polar surface area (TPSA) is 83.8 Å². The summed E-state index contributed by atoms with van der Waals surface area (Å²) in [6.07, 6.45) is 0.600. The number of hydrogen-bond donors (Lipinski definition) is 0. The van der Waals surface area contributed by atoms with Crippen molar-refractivity contribution in [3.63, 3.8) is 0 Å². The van der Waals surface area contributed by atoms with Crippen molar-refractivity contribution in [3.8, 4) is 0 Å². The molecular weight excluding hydrogens is 365 g/mol. The number of hydrogen-bond acceptors (Lipinski definition) is 4. The van der Waals surface area contributed by atoms with E-state index in [1.54, 1.807) is 25.1 Å². The first-order valence-electron chi connectivity index (χ1n) is 9.00. The van der Waals surface area contributed by atoms with Crippen LogP contribution in [0.2, 0.25) is 0 Å². The fourth-order valence-electron chi connectivity index (χ4n) is 3.87. The lowest BCUT2D eigenvalue weighted by Crippen LogP contribution is -2.36. The number of nitro benzene ring substituents is 1. The first-order valence-corrected chi connectivity index (χ1v) is 9.00. The summed E-state index contributed by atoms with van der Waals surface area (Å²) in [5.74, 6) is -1.68. The zero-order valence-corrected chi connectivity index (χ0v) is 15.2. The zero-order chi connectivity index (χ0) is 20.0. The van der Waals surface area contributed by atoms with Gasteiger partial charge in [0.1, 0.15) is 5.82 Å². The van der Waals surface area contributed by atoms with E-state index >= 15 is 0 Å². The molecule has 2 aliphatic heterocycles. The number of fused-ring (bicyclic) bond motifs is 1. The standard InChI is InChI=1S/C20H18FN3O4/c1-12-2-5-17(16(21)8-12)23-11-14(9-19(23)25)20(26)22-7-6-13-3-4-15(24(27)28)10-18(13)22/h2-5,8,10,14H,6-7,9,11H2,1H3. The largest absolute Gasteiger partial charge is 0.311 e. The minimum absolute atomic E-state index is 0.00703. The van der Waals surface area contributed by atoms with Gasteiger partial charge < -0.3 is 9.80 Å². The summed E-state index contributed by atoms with van der Waals surface area (Å²) in [4.78, 5) is 38.8. The van der Waals surface area contributed by atoms with Gasteiger partial charge >= 0.3 is 0 Å². The van der Waals surface area contributed by atoms with E-state index in [-0.39, 0.29) is 36.2 Å². The minimum atomic E-state index is -0.613. The number of nitrogens with zero attached hydrogens (tertiary/aromatic N) is 3. The van der Waals surface area contributed by atoms with E-state index in [9.17, 15) is 24.1 Å². The molecule has 2 amide bonds. The van der Waals surface area contributed by atoms with Gasteiger partial charge in [-0.05, 0) is 36.6 Å². The van der Waals surface area contributed by atoms with E-state index in [0.29, 0.717) is 18.7 Å². The fourth-order valence-corrected chi connectivity index (χ4v) is 3.87. The molecule has 1 fully saturated rings. The molecule has 0 radical (unpaired) electrons. The van der Waals surface area contributed by atoms with Crippen LogP contribution in [0.1, 0.15) is 17.5 Å². The molecule has 2 aromatic rings. The number of amides is 2. The molecule has 4 rings (SSSR count). The maximum Gasteiger partial charge on any atom is 0.271 e. The van der Waals surface area contributed by atoms with Crippen LogP contribution >= 0.6 is 0 Å². The van der Waals surface area contributed by atoms with Crippen LogP contribution in [0.15, 0.2) is 36.4 Å². The van der Waals surface area contributed by atoms with Crippen LogP contribution in [-0.4, -0.2) is 29.8 Å². The van der Waals surface area contributed by atoms with E-state index in [0.717, 1.165) is 11.1 Å². The molecule has 0 aromatic heterocycles. The molecule has 8 heteroatoms. The van der Waals surface area contributed by atoms with Gasteiger partial charge in [-0.15, -0.1) is 0 Å². The summed E-state index contributed by atoms with van der Waals surface area (Å²) in [5.41, 5.74) is 2.22. The van der Waals surface area contributed by atoms with Crippen LogP contribution in [0.5, 0.6) is 0 Å². The second-order valence-corrected chi connectivity index (χ2v) is 7.17. The molecule has 0 bridgehead atoms. The molecule has 1 saturated heterocycles. The van der Waals surface area contributed by atoms with Crippen LogP contribution < -0.4 is 9.80 Å². The van der Waals surface area contributed by atoms with Gasteiger partial charge in [0.2, 0.25) is 11.8 Å². The Bertz CT molecular complexity index is 1010. The number of carbonyl (C=O) groups excluding carboxylic acids is 2. The summed E-state index contributed by atoms with van der Waals surface area (Å²) in [6, 6.07) is 9.10. The van der Waals surface area contributed by atoms with E-state index in [1.807, 2.05) is 0 Å². The van der Waals surface area contributed by atoms with Crippen molar-refractivity contribution in [2.24, 2.45) is 5.92 Å². The number of rotatable bonds is 3. The molecule has 0 spiro atoms. The molecule has 1 atom stereocenters. The van der Waals surface area contributed by atoms with Gasteiger partial charge in [0, 0.05) is 31.6 Å². The summed E-state index contributed by atoms with van der Waals surface area (Å²) < 4.78 is 14.3. The third kappa shape index (κ3) is 3.00. The first kappa shape index (κ1) is 18.1. The lowest BCUT2D eigenvalue weighted by atomic mass is 10.1. The average molecular weight is 383 g/mol. The summed E-state index contributed by atoms with van der Waals surface area (Å²) >= 11 is 0. The quantitative estimate of drug-likeness (QED) is 0.603. The molecule has 1 unspecified atom stereocenters. The third-order valence-corrected chi connectivity index (χ3v) is 5.31. The maximum atomic E-state index is 14.3. The van der Waals surface area contributed by atoms with E-state index < -0.39 is 16.7 Å². The van der Waals surface area contributed by atoms with Gasteiger partial charge in [-0.3, -0.25) is 19.7 Å². The number of benzene rings is 2. The fraction of sp³-hybridized carbons (Fsp3) is 0.300. The van der Waals surface area contributed by atoms with Crippen LogP contribution in [-0.2, 0) is 16.0 Å². The Balaban J connectivity index is 1.57. The number of nitro groups is 1. The average Bonchev–Trinajstić information content (AvgIpc) is 3.24. The maximum absolute atomic E-state index is 14.3. The van der Waals surface area contributed by atoms with Gasteiger partial charge in [-0.1, -0.05) is 12.1 Å². The number of aryl methyl sites for hydroxylation is 1. The van der Waals surface area contributed by atoms with Gasteiger partial charge in [-0.25, -0.2) is 4.39 Å². The molecule has 0 saturated carbocycles. The van der Waals surface area contributed by atoms with E-state index in [4.69, 9.17) is 0 Å². The van der Waals surface area contributed by atoms with Gasteiger partial charge in [-0.2, -0.15) is 0 Å². The number of carbonyl (C=O) groups is 2. The van der Waals surface area contributed by atoms with Crippen molar-refractivity contribution >= 4 is 28.9 Å². The molecule has 28 heavy (non-hydrogen) atoms. The molecule has 0 aliphatic carbocycles. The van der Waals surface area contributed by atoms with Crippen molar-refractivity contribution < 1.29 is 18.9 Å². The van der Waals surface area contributed by atoms with Crippen LogP contribution in [0.25, 0.3) is 0 Å². The molecular formula is C20H18FN3O4. The minimum Gasteiger partial charge on any atom is -0.311 e. The van der Waals surface area contributed by atoms with Crippen molar-refractivity contribution in [1.29, 1.82) is 0 Å². The van der Waals surface area contributed by atoms with Crippen LogP contribution in [0, 0.1) is 28.8 Å². The second-order valence-electron chi connectivity index (χ2n) is 7.17. The van der Waals surface area contributed by atoms with E-state index in [2.05, 4.69) is 0 Å². The molecule has 0 N–H and O–H groups in total. The van der Waals surface area contributed by atoms with Crippen molar-refractivity contribution in [2.75, 3.05) is 22.9 Å². The van der Waals surface area contributed by atoms with Crippen molar-refractivity contribution in [2.45, 2.75) is 19.8 Å². The molecule has 2 heterocycles. The Labute approximate surface area is 160 Å². The normalized spacial score (nSPS) is 18.5. The summed E-state index contributed by atoms with van der Waals surface area (Å²) in [6.45, 7) is 2.27. The lowest BCUT2D eigenvalue weighted by Gasteiger charge is -2.22. The van der Waals surface area contributed by atoms with Gasteiger partial charge in [0.05, 0.1) is 22.2 Å². The number of halogens is 1. The highest BCUT2D eigenvalue weighted by Gasteiger charge is 2.40. The third-order valence-electron chi connectivity index (χ3n) is 5.31. The van der Waals surface area contributed by atoms with E-state index in [1.165, 1.54) is 28.0 Å². The SMILES string of the molecule is Cc1ccc(N2CC(C(=O)N3CCc4ccc([N+](=O)[O-])cc43)CC2=O)c(F)c1. The Kier molecular flexibility index (Phi) is 4.33. The zero-order valence-electron chi connectivity index (χ0n) is 15.2. The van der Waals surface area contributed by atoms with Gasteiger partial charge in [0.15, 0.2) is 0 Å². The Morgan fingerprint density at radius 1 is 1.21 bits per heavy atom. The van der Waals surface area contributed by atoms with Gasteiger partial charge in [0.25, 0.3) is 5.69 Å². The highest BCUT2D eigenvalue weighted by atomic mass is 19.1. The Morgan fingerprint density at radius 2 is 2.00 bits per heavy atom. The monoisotopic (exact) mass is 383 g/mol.